The van der Waals surface area contributed by atoms with Crippen molar-refractivity contribution in [2.75, 3.05) is 11.6 Å². The maximum absolute atomic E-state index is 12.1. The van der Waals surface area contributed by atoms with Crippen LogP contribution in [0.3, 0.4) is 0 Å². The Morgan fingerprint density at radius 2 is 2.13 bits per heavy atom. The van der Waals surface area contributed by atoms with Gasteiger partial charge in [-0.1, -0.05) is 0 Å². The molecule has 1 atom stereocenters. The van der Waals surface area contributed by atoms with Crippen molar-refractivity contribution in [2.45, 2.75) is 49.3 Å². The summed E-state index contributed by atoms with van der Waals surface area (Å²) in [5, 5.41) is 3.17. The molecule has 0 aromatic rings. The zero-order valence-electron chi connectivity index (χ0n) is 9.14. The van der Waals surface area contributed by atoms with Crippen LogP contribution in [0.1, 0.15) is 39.0 Å². The van der Waals surface area contributed by atoms with E-state index in [2.05, 4.69) is 12.2 Å². The Labute approximate surface area is 101 Å². The van der Waals surface area contributed by atoms with Crippen LogP contribution >= 0.6 is 23.4 Å². The SMILES string of the molecule is CC1(C(=O)NC2(CCl)CCC2)CCCS1. The number of hydrogen-bond acceptors (Lipinski definition) is 2. The van der Waals surface area contributed by atoms with Crippen LogP contribution in [-0.4, -0.2) is 27.8 Å². The summed E-state index contributed by atoms with van der Waals surface area (Å²) in [6.07, 6.45) is 5.44. The molecule has 1 unspecified atom stereocenters. The van der Waals surface area contributed by atoms with Gasteiger partial charge in [-0.15, -0.1) is 23.4 Å². The summed E-state index contributed by atoms with van der Waals surface area (Å²) < 4.78 is -0.200. The van der Waals surface area contributed by atoms with E-state index >= 15 is 0 Å². The fourth-order valence-electron chi connectivity index (χ4n) is 2.23. The Balaban J connectivity index is 1.96. The lowest BCUT2D eigenvalue weighted by molar-refractivity contribution is -0.125. The first-order valence-corrected chi connectivity index (χ1v) is 7.15. The standard InChI is InChI=1S/C11H18ClNOS/c1-10(4-3-7-15-10)9(14)13-11(8-12)5-2-6-11/h2-8H2,1H3,(H,13,14). The Bertz CT molecular complexity index is 254. The lowest BCUT2D eigenvalue weighted by atomic mass is 9.78. The summed E-state index contributed by atoms with van der Waals surface area (Å²) in [6.45, 7) is 2.06. The van der Waals surface area contributed by atoms with Gasteiger partial charge in [0.1, 0.15) is 0 Å². The van der Waals surface area contributed by atoms with Crippen LogP contribution in [0.4, 0.5) is 0 Å². The Hall–Kier alpha value is 0.110. The molecule has 1 saturated heterocycles. The lowest BCUT2D eigenvalue weighted by Crippen LogP contribution is -2.58. The van der Waals surface area contributed by atoms with E-state index in [9.17, 15) is 4.79 Å². The van der Waals surface area contributed by atoms with E-state index in [0.717, 1.165) is 31.4 Å². The third kappa shape index (κ3) is 2.14. The van der Waals surface area contributed by atoms with Crippen LogP contribution in [0.5, 0.6) is 0 Å². The second-order valence-corrected chi connectivity index (χ2v) is 6.77. The number of rotatable bonds is 3. The van der Waals surface area contributed by atoms with Gasteiger partial charge in [0, 0.05) is 5.88 Å². The first-order valence-electron chi connectivity index (χ1n) is 5.63. The van der Waals surface area contributed by atoms with Crippen molar-refractivity contribution in [1.82, 2.24) is 5.32 Å². The van der Waals surface area contributed by atoms with Crippen molar-refractivity contribution in [3.05, 3.63) is 0 Å². The van der Waals surface area contributed by atoms with Crippen LogP contribution in [0, 0.1) is 0 Å². The van der Waals surface area contributed by atoms with E-state index in [1.165, 1.54) is 6.42 Å². The third-order valence-corrected chi connectivity index (χ3v) is 5.68. The van der Waals surface area contributed by atoms with E-state index in [1.807, 2.05) is 0 Å². The van der Waals surface area contributed by atoms with Gasteiger partial charge in [-0.05, 0) is 44.8 Å². The van der Waals surface area contributed by atoms with Crippen LogP contribution in [0.15, 0.2) is 0 Å². The van der Waals surface area contributed by atoms with Gasteiger partial charge < -0.3 is 5.32 Å². The molecule has 1 aliphatic heterocycles. The Kier molecular flexibility index (Phi) is 3.22. The molecular weight excluding hydrogens is 230 g/mol. The predicted molar refractivity (Wildman–Crippen MR) is 65.5 cm³/mol. The first kappa shape index (κ1) is 11.6. The van der Waals surface area contributed by atoms with Gasteiger partial charge in [0.2, 0.25) is 5.91 Å². The fourth-order valence-corrected chi connectivity index (χ4v) is 3.77. The molecule has 4 heteroatoms. The maximum atomic E-state index is 12.1. The highest BCUT2D eigenvalue weighted by Gasteiger charge is 2.44. The van der Waals surface area contributed by atoms with E-state index in [1.54, 1.807) is 11.8 Å². The zero-order chi connectivity index (χ0) is 10.9. The maximum Gasteiger partial charge on any atom is 0.236 e. The third-order valence-electron chi connectivity index (χ3n) is 3.64. The quantitative estimate of drug-likeness (QED) is 0.777. The van der Waals surface area contributed by atoms with E-state index in [-0.39, 0.29) is 16.2 Å². The highest BCUT2D eigenvalue weighted by atomic mass is 35.5. The number of thioether (sulfide) groups is 1. The molecule has 0 radical (unpaired) electrons. The summed E-state index contributed by atoms with van der Waals surface area (Å²) >= 11 is 7.72. The summed E-state index contributed by atoms with van der Waals surface area (Å²) in [5.74, 6) is 1.86. The molecule has 1 N–H and O–H groups in total. The van der Waals surface area contributed by atoms with Gasteiger partial charge in [0.15, 0.2) is 0 Å². The molecule has 1 saturated carbocycles. The highest BCUT2D eigenvalue weighted by molar-refractivity contribution is 8.01. The monoisotopic (exact) mass is 247 g/mol. The molecule has 0 bridgehead atoms. The van der Waals surface area contributed by atoms with Gasteiger partial charge in [-0.2, -0.15) is 0 Å². The van der Waals surface area contributed by atoms with Crippen LogP contribution in [0.2, 0.25) is 0 Å². The molecule has 2 rings (SSSR count). The van der Waals surface area contributed by atoms with Crippen molar-refractivity contribution in [1.29, 1.82) is 0 Å². The second kappa shape index (κ2) is 4.17. The Morgan fingerprint density at radius 1 is 1.40 bits per heavy atom. The number of carbonyl (C=O) groups is 1. The number of halogens is 1. The largest absolute Gasteiger partial charge is 0.348 e. The molecule has 0 aromatic carbocycles. The van der Waals surface area contributed by atoms with Gasteiger partial charge in [-0.3, -0.25) is 4.79 Å². The van der Waals surface area contributed by atoms with Crippen LogP contribution in [0.25, 0.3) is 0 Å². The zero-order valence-corrected chi connectivity index (χ0v) is 10.7. The molecule has 1 heterocycles. The molecule has 2 aliphatic rings. The van der Waals surface area contributed by atoms with Crippen molar-refractivity contribution >= 4 is 29.3 Å². The van der Waals surface area contributed by atoms with E-state index < -0.39 is 0 Å². The van der Waals surface area contributed by atoms with Crippen molar-refractivity contribution in [3.63, 3.8) is 0 Å². The summed E-state index contributed by atoms with van der Waals surface area (Å²) in [6, 6.07) is 0. The number of alkyl halides is 1. The average Bonchev–Trinajstić information content (AvgIpc) is 2.60. The number of carbonyl (C=O) groups excluding carboxylic acids is 1. The topological polar surface area (TPSA) is 29.1 Å². The molecule has 1 aliphatic carbocycles. The molecule has 2 nitrogen and oxygen atoms in total. The summed E-state index contributed by atoms with van der Waals surface area (Å²) in [5.41, 5.74) is -0.0786. The van der Waals surface area contributed by atoms with Gasteiger partial charge in [0.05, 0.1) is 10.3 Å². The summed E-state index contributed by atoms with van der Waals surface area (Å²) in [7, 11) is 0. The second-order valence-electron chi connectivity index (χ2n) is 4.90. The van der Waals surface area contributed by atoms with Crippen molar-refractivity contribution < 1.29 is 4.79 Å². The highest BCUT2D eigenvalue weighted by Crippen LogP contribution is 2.40. The van der Waals surface area contributed by atoms with Crippen molar-refractivity contribution in [2.24, 2.45) is 0 Å². The average molecular weight is 248 g/mol. The smallest absolute Gasteiger partial charge is 0.236 e. The normalized spacial score (nSPS) is 33.5. The molecule has 0 spiro atoms. The number of nitrogens with one attached hydrogen (secondary N) is 1. The van der Waals surface area contributed by atoms with Gasteiger partial charge in [0.25, 0.3) is 0 Å². The predicted octanol–water partition coefficient (Wildman–Crippen LogP) is 2.55. The minimum absolute atomic E-state index is 0.0786. The molecule has 0 aromatic heterocycles. The van der Waals surface area contributed by atoms with Gasteiger partial charge >= 0.3 is 0 Å². The number of hydrogen-bond donors (Lipinski definition) is 1. The van der Waals surface area contributed by atoms with Crippen LogP contribution < -0.4 is 5.32 Å². The molecule has 15 heavy (non-hydrogen) atoms. The molecule has 2 fully saturated rings. The first-order chi connectivity index (χ1) is 7.10. The number of amides is 1. The molecule has 1 amide bonds. The minimum atomic E-state index is -0.200. The summed E-state index contributed by atoms with van der Waals surface area (Å²) in [4.78, 5) is 12.1. The fraction of sp³-hybridized carbons (Fsp3) is 0.909. The van der Waals surface area contributed by atoms with E-state index in [4.69, 9.17) is 11.6 Å². The van der Waals surface area contributed by atoms with E-state index in [0.29, 0.717) is 5.88 Å². The van der Waals surface area contributed by atoms with Gasteiger partial charge in [-0.25, -0.2) is 0 Å². The molecule has 86 valence electrons. The Morgan fingerprint density at radius 3 is 2.53 bits per heavy atom. The molecular formula is C11H18ClNOS. The lowest BCUT2D eigenvalue weighted by Gasteiger charge is -2.42. The van der Waals surface area contributed by atoms with Crippen LogP contribution in [-0.2, 0) is 4.79 Å². The minimum Gasteiger partial charge on any atom is -0.348 e. The van der Waals surface area contributed by atoms with Crippen molar-refractivity contribution in [3.8, 4) is 0 Å².